The van der Waals surface area contributed by atoms with Gasteiger partial charge < -0.3 is 24.0 Å². The Morgan fingerprint density at radius 1 is 0.980 bits per heavy atom. The van der Waals surface area contributed by atoms with Crippen molar-refractivity contribution in [2.45, 2.75) is 76.5 Å². The standard InChI is InChI=1S/C38H52ClN3O6S/c1-24-7-11-32(37-46-19-30(20-47-37)41(3)4)31-12-8-28(31)18-42-22-38(15-5-6-26-16-29(39)10-13-33(26)38)23-48-35-14-9-27(17-34(35)42)36(43)40-49(44,45)21-25(24)2/h9-10,13-14,16-17,24-25,28,30-32,37H,5-8,11-12,15,18-23H2,1-4H3,(H,40,43)/t24-,25+,28-,30?,31+,32+,37?,38-/m0/s1. The summed E-state index contributed by atoms with van der Waals surface area (Å²) in [6.07, 6.45) is 6.73. The van der Waals surface area contributed by atoms with E-state index in [1.54, 1.807) is 6.07 Å². The molecule has 268 valence electrons. The minimum atomic E-state index is -3.86. The number of amides is 1. The molecule has 1 spiro atoms. The summed E-state index contributed by atoms with van der Waals surface area (Å²) in [5.74, 6) is 1.07. The van der Waals surface area contributed by atoms with Gasteiger partial charge in [-0.3, -0.25) is 4.79 Å². The van der Waals surface area contributed by atoms with Gasteiger partial charge in [0.25, 0.3) is 5.91 Å². The molecular weight excluding hydrogens is 662 g/mol. The average molecular weight is 714 g/mol. The van der Waals surface area contributed by atoms with Gasteiger partial charge in [0.15, 0.2) is 6.29 Å². The highest BCUT2D eigenvalue weighted by Crippen LogP contribution is 2.49. The number of nitrogens with zero attached hydrogens (tertiary/aromatic N) is 2. The Morgan fingerprint density at radius 2 is 1.76 bits per heavy atom. The second kappa shape index (κ2) is 14.0. The minimum absolute atomic E-state index is 0.107. The molecule has 7 rings (SSSR count). The number of carbonyl (C=O) groups is 1. The predicted molar refractivity (Wildman–Crippen MR) is 192 cm³/mol. The first-order chi connectivity index (χ1) is 23.4. The Hall–Kier alpha value is -2.37. The van der Waals surface area contributed by atoms with E-state index in [-0.39, 0.29) is 41.3 Å². The van der Waals surface area contributed by atoms with Crippen LogP contribution in [0.5, 0.6) is 5.75 Å². The molecule has 1 N–H and O–H groups in total. The lowest BCUT2D eigenvalue weighted by Gasteiger charge is -2.49. The first-order valence-corrected chi connectivity index (χ1v) is 20.2. The molecule has 5 aliphatic rings. The van der Waals surface area contributed by atoms with E-state index < -0.39 is 15.9 Å². The number of hydrogen-bond acceptors (Lipinski definition) is 8. The number of carbonyl (C=O) groups excluding carboxylic acids is 1. The lowest BCUT2D eigenvalue weighted by atomic mass is 9.64. The fraction of sp³-hybridized carbons (Fsp3) is 0.658. The highest BCUT2D eigenvalue weighted by atomic mass is 35.5. The Balaban J connectivity index is 1.26. The van der Waals surface area contributed by atoms with Crippen LogP contribution in [0.3, 0.4) is 0 Å². The molecule has 9 nitrogen and oxygen atoms in total. The number of rotatable bonds is 2. The van der Waals surface area contributed by atoms with Gasteiger partial charge in [-0.05, 0) is 124 Å². The van der Waals surface area contributed by atoms with Crippen molar-refractivity contribution in [3.05, 3.63) is 58.1 Å². The summed E-state index contributed by atoms with van der Waals surface area (Å²) < 4.78 is 48.6. The summed E-state index contributed by atoms with van der Waals surface area (Å²) >= 11 is 6.47. The normalized spacial score (nSPS) is 34.9. The Morgan fingerprint density at radius 3 is 2.49 bits per heavy atom. The Bertz CT molecular complexity index is 1650. The number of benzene rings is 2. The molecule has 2 aromatic carbocycles. The summed E-state index contributed by atoms with van der Waals surface area (Å²) in [6, 6.07) is 11.9. The van der Waals surface area contributed by atoms with Crippen LogP contribution in [-0.2, 0) is 31.3 Å². The average Bonchev–Trinajstić information content (AvgIpc) is 3.20. The lowest BCUT2D eigenvalue weighted by molar-refractivity contribution is -0.241. The van der Waals surface area contributed by atoms with Crippen molar-refractivity contribution in [1.29, 1.82) is 0 Å². The zero-order valence-corrected chi connectivity index (χ0v) is 30.9. The molecule has 1 amide bonds. The number of fused-ring (bicyclic) bond motifs is 4. The van der Waals surface area contributed by atoms with Gasteiger partial charge in [-0.15, -0.1) is 0 Å². The number of sulfonamides is 1. The molecule has 2 bridgehead atoms. The van der Waals surface area contributed by atoms with Gasteiger partial charge in [0.2, 0.25) is 10.0 Å². The van der Waals surface area contributed by atoms with Crippen LogP contribution in [0.4, 0.5) is 5.69 Å². The molecular formula is C38H52ClN3O6S. The molecule has 1 saturated heterocycles. The predicted octanol–water partition coefficient (Wildman–Crippen LogP) is 5.88. The van der Waals surface area contributed by atoms with E-state index in [2.05, 4.69) is 47.7 Å². The van der Waals surface area contributed by atoms with E-state index in [0.717, 1.165) is 74.5 Å². The molecule has 2 aliphatic carbocycles. The summed E-state index contributed by atoms with van der Waals surface area (Å²) in [4.78, 5) is 18.1. The van der Waals surface area contributed by atoms with Crippen LogP contribution in [-0.4, -0.2) is 84.3 Å². The third-order valence-electron chi connectivity index (χ3n) is 12.4. The van der Waals surface area contributed by atoms with E-state index in [1.165, 1.54) is 11.1 Å². The maximum atomic E-state index is 13.5. The number of ether oxygens (including phenoxy) is 3. The molecule has 1 saturated carbocycles. The van der Waals surface area contributed by atoms with Gasteiger partial charge in [0.1, 0.15) is 5.75 Å². The molecule has 49 heavy (non-hydrogen) atoms. The lowest BCUT2D eigenvalue weighted by Crippen LogP contribution is -2.52. The second-order valence-electron chi connectivity index (χ2n) is 15.8. The van der Waals surface area contributed by atoms with Gasteiger partial charge >= 0.3 is 0 Å². The van der Waals surface area contributed by atoms with Crippen LogP contribution in [0.25, 0.3) is 0 Å². The quantitative estimate of drug-likeness (QED) is 0.412. The van der Waals surface area contributed by atoms with Crippen molar-refractivity contribution in [2.24, 2.45) is 29.6 Å². The number of anilines is 1. The van der Waals surface area contributed by atoms with Crippen molar-refractivity contribution in [1.82, 2.24) is 9.62 Å². The van der Waals surface area contributed by atoms with Crippen LogP contribution in [0.2, 0.25) is 5.02 Å². The summed E-state index contributed by atoms with van der Waals surface area (Å²) in [6.45, 7) is 7.45. The molecule has 2 fully saturated rings. The van der Waals surface area contributed by atoms with Gasteiger partial charge in [-0.25, -0.2) is 13.1 Å². The summed E-state index contributed by atoms with van der Waals surface area (Å²) in [7, 11) is 0.266. The van der Waals surface area contributed by atoms with Crippen molar-refractivity contribution in [3.63, 3.8) is 0 Å². The molecule has 0 radical (unpaired) electrons. The van der Waals surface area contributed by atoms with E-state index in [4.69, 9.17) is 25.8 Å². The van der Waals surface area contributed by atoms with Gasteiger partial charge in [0.05, 0.1) is 37.3 Å². The first-order valence-electron chi connectivity index (χ1n) is 18.2. The third-order valence-corrected chi connectivity index (χ3v) is 14.1. The molecule has 11 heteroatoms. The van der Waals surface area contributed by atoms with Crippen LogP contribution in [0.15, 0.2) is 36.4 Å². The topological polar surface area (TPSA) is 97.4 Å². The molecule has 0 aromatic heterocycles. The van der Waals surface area contributed by atoms with Crippen molar-refractivity contribution in [3.8, 4) is 5.75 Å². The minimum Gasteiger partial charge on any atom is -0.490 e. The first kappa shape index (κ1) is 35.1. The van der Waals surface area contributed by atoms with Gasteiger partial charge in [0, 0.05) is 35.0 Å². The second-order valence-corrected chi connectivity index (χ2v) is 18.1. The van der Waals surface area contributed by atoms with Crippen molar-refractivity contribution < 1.29 is 27.4 Å². The van der Waals surface area contributed by atoms with Crippen LogP contribution < -0.4 is 14.4 Å². The fourth-order valence-corrected chi connectivity index (χ4v) is 10.7. The molecule has 6 atom stereocenters. The number of hydrogen-bond donors (Lipinski definition) is 1. The Kier molecular flexibility index (Phi) is 10.0. The van der Waals surface area contributed by atoms with Crippen molar-refractivity contribution >= 4 is 33.2 Å². The molecule has 0 unspecified atom stereocenters. The maximum Gasteiger partial charge on any atom is 0.264 e. The Labute approximate surface area is 297 Å². The smallest absolute Gasteiger partial charge is 0.264 e. The maximum absolute atomic E-state index is 13.5. The van der Waals surface area contributed by atoms with Crippen molar-refractivity contribution in [2.75, 3.05) is 57.7 Å². The SMILES string of the molecule is C[C@@H]1CS(=O)(=O)NC(=O)c2ccc3c(c2)N(C[C@@H]2CC[C@H]2[C@H](C2OCC(N(C)C)CO2)CC[C@@H]1C)C[C@@]1(CCCc2cc(Cl)ccc21)CO3. The number of halogens is 1. The fourth-order valence-electron chi connectivity index (χ4n) is 9.02. The number of likely N-dealkylation sites (N-methyl/N-ethyl adjacent to an activating group) is 1. The molecule has 3 heterocycles. The highest BCUT2D eigenvalue weighted by Gasteiger charge is 2.47. The van der Waals surface area contributed by atoms with E-state index in [9.17, 15) is 13.2 Å². The third kappa shape index (κ3) is 7.23. The highest BCUT2D eigenvalue weighted by molar-refractivity contribution is 7.90. The number of nitrogens with one attached hydrogen (secondary N) is 1. The monoisotopic (exact) mass is 713 g/mol. The van der Waals surface area contributed by atoms with E-state index in [0.29, 0.717) is 37.2 Å². The number of aryl methyl sites for hydroxylation is 1. The van der Waals surface area contributed by atoms with Gasteiger partial charge in [-0.2, -0.15) is 0 Å². The zero-order chi connectivity index (χ0) is 34.5. The van der Waals surface area contributed by atoms with Crippen LogP contribution >= 0.6 is 11.6 Å². The van der Waals surface area contributed by atoms with E-state index >= 15 is 0 Å². The zero-order valence-electron chi connectivity index (χ0n) is 29.3. The molecule has 3 aliphatic heterocycles. The van der Waals surface area contributed by atoms with Crippen LogP contribution in [0.1, 0.15) is 73.9 Å². The molecule has 2 aromatic rings. The van der Waals surface area contributed by atoms with Crippen LogP contribution in [0, 0.1) is 29.6 Å². The summed E-state index contributed by atoms with van der Waals surface area (Å²) in [5, 5.41) is 0.750. The summed E-state index contributed by atoms with van der Waals surface area (Å²) in [5.41, 5.74) is 3.49. The largest absolute Gasteiger partial charge is 0.490 e. The van der Waals surface area contributed by atoms with E-state index in [1.807, 2.05) is 25.1 Å². The van der Waals surface area contributed by atoms with Gasteiger partial charge in [-0.1, -0.05) is 31.5 Å².